The van der Waals surface area contributed by atoms with Crippen LogP contribution in [0, 0.1) is 13.8 Å². The van der Waals surface area contributed by atoms with Gasteiger partial charge in [-0.2, -0.15) is 4.98 Å². The Balaban J connectivity index is 1.58. The standard InChI is InChI=1S/C20H17ClN4O3/c1-11-8-14(21)5-7-17(11)27-10-18-23-19(24-28-18)13-4-6-16-15(9-13)22-12(2)20(26)25(16)3/h4-9H,10H2,1-3H3. The van der Waals surface area contributed by atoms with Gasteiger partial charge in [0.1, 0.15) is 11.4 Å². The van der Waals surface area contributed by atoms with E-state index in [2.05, 4.69) is 15.1 Å². The molecule has 2 aromatic carbocycles. The molecule has 0 aliphatic carbocycles. The van der Waals surface area contributed by atoms with Gasteiger partial charge in [-0.25, -0.2) is 4.98 Å². The minimum Gasteiger partial charge on any atom is -0.483 e. The predicted octanol–water partition coefficient (Wildman–Crippen LogP) is 3.83. The first-order valence-electron chi connectivity index (χ1n) is 8.61. The Morgan fingerprint density at radius 3 is 2.75 bits per heavy atom. The molecule has 0 aliphatic rings. The molecule has 2 aromatic heterocycles. The summed E-state index contributed by atoms with van der Waals surface area (Å²) in [4.78, 5) is 20.8. The van der Waals surface area contributed by atoms with Crippen LogP contribution in [0.2, 0.25) is 5.02 Å². The Morgan fingerprint density at radius 2 is 1.96 bits per heavy atom. The molecule has 28 heavy (non-hydrogen) atoms. The second-order valence-corrected chi connectivity index (χ2v) is 6.91. The highest BCUT2D eigenvalue weighted by Gasteiger charge is 2.12. The van der Waals surface area contributed by atoms with Gasteiger partial charge in [0.15, 0.2) is 6.61 Å². The van der Waals surface area contributed by atoms with E-state index in [-0.39, 0.29) is 12.2 Å². The Bertz CT molecular complexity index is 1250. The van der Waals surface area contributed by atoms with Gasteiger partial charge >= 0.3 is 0 Å². The molecule has 0 spiro atoms. The third-order valence-corrected chi connectivity index (χ3v) is 4.69. The number of ether oxygens (including phenoxy) is 1. The lowest BCUT2D eigenvalue weighted by atomic mass is 10.1. The molecule has 7 nitrogen and oxygen atoms in total. The molecule has 0 unspecified atom stereocenters. The lowest BCUT2D eigenvalue weighted by Crippen LogP contribution is -2.21. The molecule has 0 saturated heterocycles. The minimum absolute atomic E-state index is 0.114. The van der Waals surface area contributed by atoms with Crippen molar-refractivity contribution in [2.75, 3.05) is 0 Å². The van der Waals surface area contributed by atoms with Crippen molar-refractivity contribution in [1.29, 1.82) is 0 Å². The molecule has 0 saturated carbocycles. The van der Waals surface area contributed by atoms with Crippen LogP contribution in [0.1, 0.15) is 17.1 Å². The molecule has 4 aromatic rings. The van der Waals surface area contributed by atoms with E-state index in [0.717, 1.165) is 16.6 Å². The van der Waals surface area contributed by atoms with Crippen molar-refractivity contribution in [1.82, 2.24) is 19.7 Å². The summed E-state index contributed by atoms with van der Waals surface area (Å²) in [6.07, 6.45) is 0. The minimum atomic E-state index is -0.114. The molecule has 8 heteroatoms. The Morgan fingerprint density at radius 1 is 1.14 bits per heavy atom. The Hall–Kier alpha value is -3.19. The number of rotatable bonds is 4. The van der Waals surface area contributed by atoms with E-state index in [1.807, 2.05) is 31.2 Å². The molecule has 0 amide bonds. The highest BCUT2D eigenvalue weighted by molar-refractivity contribution is 6.30. The number of halogens is 1. The highest BCUT2D eigenvalue weighted by atomic mass is 35.5. The van der Waals surface area contributed by atoms with E-state index in [1.54, 1.807) is 30.7 Å². The first-order chi connectivity index (χ1) is 13.4. The van der Waals surface area contributed by atoms with Gasteiger partial charge in [0.25, 0.3) is 11.4 Å². The number of benzene rings is 2. The van der Waals surface area contributed by atoms with Gasteiger partial charge in [-0.15, -0.1) is 0 Å². The number of hydrogen-bond acceptors (Lipinski definition) is 6. The van der Waals surface area contributed by atoms with Gasteiger partial charge in [0, 0.05) is 17.6 Å². The zero-order chi connectivity index (χ0) is 19.8. The normalized spacial score (nSPS) is 11.1. The summed E-state index contributed by atoms with van der Waals surface area (Å²) >= 11 is 5.95. The third kappa shape index (κ3) is 3.36. The van der Waals surface area contributed by atoms with Gasteiger partial charge in [-0.1, -0.05) is 16.8 Å². The van der Waals surface area contributed by atoms with Crippen molar-refractivity contribution in [3.05, 3.63) is 68.9 Å². The third-order valence-electron chi connectivity index (χ3n) is 4.45. The maximum Gasteiger partial charge on any atom is 0.272 e. The molecule has 142 valence electrons. The van der Waals surface area contributed by atoms with Crippen LogP contribution in [-0.2, 0) is 13.7 Å². The van der Waals surface area contributed by atoms with Crippen LogP contribution in [0.4, 0.5) is 0 Å². The van der Waals surface area contributed by atoms with Gasteiger partial charge in [-0.3, -0.25) is 4.79 Å². The number of hydrogen-bond donors (Lipinski definition) is 0. The van der Waals surface area contributed by atoms with E-state index in [9.17, 15) is 4.79 Å². The maximum atomic E-state index is 12.0. The lowest BCUT2D eigenvalue weighted by Gasteiger charge is -2.07. The monoisotopic (exact) mass is 396 g/mol. The van der Waals surface area contributed by atoms with Gasteiger partial charge in [0.05, 0.1) is 11.0 Å². The van der Waals surface area contributed by atoms with Crippen LogP contribution in [0.5, 0.6) is 5.75 Å². The van der Waals surface area contributed by atoms with Crippen LogP contribution >= 0.6 is 11.6 Å². The number of fused-ring (bicyclic) bond motifs is 1. The molecule has 0 radical (unpaired) electrons. The quantitative estimate of drug-likeness (QED) is 0.521. The van der Waals surface area contributed by atoms with Crippen molar-refractivity contribution in [3.8, 4) is 17.1 Å². The maximum absolute atomic E-state index is 12.0. The summed E-state index contributed by atoms with van der Waals surface area (Å²) in [5, 5.41) is 4.68. The second kappa shape index (κ2) is 7.09. The van der Waals surface area contributed by atoms with Crippen molar-refractivity contribution < 1.29 is 9.26 Å². The molecule has 0 fully saturated rings. The summed E-state index contributed by atoms with van der Waals surface area (Å²) in [6, 6.07) is 10.9. The number of nitrogens with zero attached hydrogens (tertiary/aromatic N) is 4. The van der Waals surface area contributed by atoms with E-state index >= 15 is 0 Å². The van der Waals surface area contributed by atoms with Gasteiger partial charge in [0.2, 0.25) is 5.82 Å². The summed E-state index contributed by atoms with van der Waals surface area (Å²) in [7, 11) is 1.72. The van der Waals surface area contributed by atoms with E-state index < -0.39 is 0 Å². The largest absolute Gasteiger partial charge is 0.483 e. The molecular formula is C20H17ClN4O3. The van der Waals surface area contributed by atoms with Gasteiger partial charge < -0.3 is 13.8 Å². The molecule has 0 aliphatic heterocycles. The SMILES string of the molecule is Cc1cc(Cl)ccc1OCc1nc(-c2ccc3c(c2)nc(C)c(=O)n3C)no1. The molecule has 0 bridgehead atoms. The Labute approximate surface area is 165 Å². The van der Waals surface area contributed by atoms with Crippen molar-refractivity contribution in [2.45, 2.75) is 20.5 Å². The van der Waals surface area contributed by atoms with Crippen molar-refractivity contribution >= 4 is 22.6 Å². The second-order valence-electron chi connectivity index (χ2n) is 6.48. The number of aryl methyl sites for hydroxylation is 3. The van der Waals surface area contributed by atoms with Crippen LogP contribution < -0.4 is 10.3 Å². The molecule has 2 heterocycles. The fourth-order valence-corrected chi connectivity index (χ4v) is 3.19. The van der Waals surface area contributed by atoms with Crippen LogP contribution in [-0.4, -0.2) is 19.7 Å². The first-order valence-corrected chi connectivity index (χ1v) is 8.99. The summed E-state index contributed by atoms with van der Waals surface area (Å²) in [6.45, 7) is 3.75. The lowest BCUT2D eigenvalue weighted by molar-refractivity contribution is 0.242. The van der Waals surface area contributed by atoms with E-state index in [0.29, 0.717) is 33.7 Å². The fraction of sp³-hybridized carbons (Fsp3) is 0.200. The topological polar surface area (TPSA) is 83.0 Å². The predicted molar refractivity (Wildman–Crippen MR) is 106 cm³/mol. The highest BCUT2D eigenvalue weighted by Crippen LogP contribution is 2.24. The smallest absolute Gasteiger partial charge is 0.272 e. The van der Waals surface area contributed by atoms with Crippen molar-refractivity contribution in [2.24, 2.45) is 7.05 Å². The average molecular weight is 397 g/mol. The number of aromatic nitrogens is 4. The fourth-order valence-electron chi connectivity index (χ4n) is 2.96. The van der Waals surface area contributed by atoms with Crippen LogP contribution in [0.3, 0.4) is 0 Å². The summed E-state index contributed by atoms with van der Waals surface area (Å²) in [5.74, 6) is 1.49. The van der Waals surface area contributed by atoms with E-state index in [4.69, 9.17) is 20.9 Å². The summed E-state index contributed by atoms with van der Waals surface area (Å²) < 4.78 is 12.6. The van der Waals surface area contributed by atoms with Gasteiger partial charge in [-0.05, 0) is 55.8 Å². The zero-order valence-corrected chi connectivity index (χ0v) is 16.3. The average Bonchev–Trinajstić information content (AvgIpc) is 3.14. The van der Waals surface area contributed by atoms with Crippen LogP contribution in [0.15, 0.2) is 45.7 Å². The molecule has 0 atom stereocenters. The molecule has 4 rings (SSSR count). The van der Waals surface area contributed by atoms with Crippen molar-refractivity contribution in [3.63, 3.8) is 0 Å². The zero-order valence-electron chi connectivity index (χ0n) is 15.6. The van der Waals surface area contributed by atoms with E-state index in [1.165, 1.54) is 0 Å². The molecular weight excluding hydrogens is 380 g/mol. The van der Waals surface area contributed by atoms with Crippen LogP contribution in [0.25, 0.3) is 22.4 Å². The first kappa shape index (κ1) is 18.2. The Kier molecular flexibility index (Phi) is 4.60. The molecule has 0 N–H and O–H groups in total. The summed E-state index contributed by atoms with van der Waals surface area (Å²) in [5.41, 5.74) is 3.43.